The molecule has 32 heavy (non-hydrogen) atoms. The molecule has 160 valence electrons. The lowest BCUT2D eigenvalue weighted by molar-refractivity contribution is 0.654. The van der Waals surface area contributed by atoms with Crippen molar-refractivity contribution in [2.45, 2.75) is 12.5 Å². The molecule has 4 aromatic rings. The average molecular weight is 556 g/mol. The zero-order valence-corrected chi connectivity index (χ0v) is 19.9. The first-order chi connectivity index (χ1) is 15.6. The topological polar surface area (TPSA) is 66.3 Å². The smallest absolute Gasteiger partial charge is 0.274 e. The van der Waals surface area contributed by atoms with Gasteiger partial charge in [0.25, 0.3) is 0 Å². The second kappa shape index (κ2) is 8.91. The Labute approximate surface area is 203 Å². The summed E-state index contributed by atoms with van der Waals surface area (Å²) in [6.07, 6.45) is 0. The summed E-state index contributed by atoms with van der Waals surface area (Å²) in [5.41, 5.74) is 3.82. The van der Waals surface area contributed by atoms with Crippen LogP contribution in [0.25, 0.3) is 0 Å². The van der Waals surface area contributed by atoms with Gasteiger partial charge in [-0.15, -0.1) is 5.10 Å². The maximum Gasteiger partial charge on any atom is 0.345 e. The molecule has 0 saturated heterocycles. The first-order valence-electron chi connectivity index (χ1n) is 10.2. The second-order valence-corrected chi connectivity index (χ2v) is 9.26. The van der Waals surface area contributed by atoms with E-state index in [1.807, 2.05) is 66.7 Å². The highest BCUT2D eigenvalue weighted by molar-refractivity contribution is 14.1. The summed E-state index contributed by atoms with van der Waals surface area (Å²) in [4.78, 5) is 15.4. The number of aromatic nitrogens is 3. The van der Waals surface area contributed by atoms with Crippen LogP contribution in [0.4, 0.5) is 5.95 Å². The van der Waals surface area contributed by atoms with Crippen molar-refractivity contribution in [2.75, 3.05) is 11.6 Å². The van der Waals surface area contributed by atoms with Crippen LogP contribution in [0.1, 0.15) is 22.6 Å². The molecule has 1 aliphatic heterocycles. The van der Waals surface area contributed by atoms with Gasteiger partial charge in [-0.05, 0) is 63.5 Å². The zero-order chi connectivity index (χ0) is 22.1. The number of hydrogen-bond donors (Lipinski definition) is 1. The monoisotopic (exact) mass is 555 g/mol. The molecule has 8 heteroatoms. The minimum atomic E-state index is -0.259. The number of nitrogens with one attached hydrogen (secondary N) is 1. The number of benzene rings is 3. The SMILES string of the molecule is O=c1[nH]c(N2C[C@H](c3ccccc3)C(c3ccc(Cl)cc3)=N2)nn1Cc1ccc(I)cc1. The van der Waals surface area contributed by atoms with Crippen LogP contribution in [0.15, 0.2) is 88.8 Å². The van der Waals surface area contributed by atoms with E-state index in [9.17, 15) is 4.79 Å². The van der Waals surface area contributed by atoms with Crippen LogP contribution in [0.3, 0.4) is 0 Å². The molecule has 0 unspecified atom stereocenters. The molecular formula is C24H19ClIN5O. The van der Waals surface area contributed by atoms with Crippen LogP contribution in [0, 0.1) is 3.57 Å². The van der Waals surface area contributed by atoms with Crippen molar-refractivity contribution >= 4 is 45.9 Å². The fourth-order valence-electron chi connectivity index (χ4n) is 3.79. The van der Waals surface area contributed by atoms with Crippen molar-refractivity contribution in [2.24, 2.45) is 5.10 Å². The Morgan fingerprint density at radius 1 is 1.00 bits per heavy atom. The van der Waals surface area contributed by atoms with Crippen molar-refractivity contribution in [1.29, 1.82) is 0 Å². The summed E-state index contributed by atoms with van der Waals surface area (Å²) in [5, 5.41) is 11.8. The van der Waals surface area contributed by atoms with E-state index in [4.69, 9.17) is 16.7 Å². The molecule has 3 aromatic carbocycles. The zero-order valence-electron chi connectivity index (χ0n) is 17.0. The van der Waals surface area contributed by atoms with Gasteiger partial charge >= 0.3 is 5.69 Å². The largest absolute Gasteiger partial charge is 0.345 e. The molecule has 0 radical (unpaired) electrons. The fourth-order valence-corrected chi connectivity index (χ4v) is 4.28. The lowest BCUT2D eigenvalue weighted by Crippen LogP contribution is -2.19. The number of hydrazone groups is 1. The number of H-pyrrole nitrogens is 1. The molecule has 1 aromatic heterocycles. The van der Waals surface area contributed by atoms with E-state index in [0.29, 0.717) is 24.1 Å². The lowest BCUT2D eigenvalue weighted by Gasteiger charge is -2.14. The maximum atomic E-state index is 12.6. The van der Waals surface area contributed by atoms with Crippen LogP contribution < -0.4 is 10.7 Å². The number of nitrogens with zero attached hydrogens (tertiary/aromatic N) is 4. The highest BCUT2D eigenvalue weighted by Gasteiger charge is 2.31. The number of halogens is 2. The number of aromatic amines is 1. The van der Waals surface area contributed by atoms with Gasteiger partial charge in [-0.25, -0.2) is 14.5 Å². The number of rotatable bonds is 5. The average Bonchev–Trinajstić information content (AvgIpc) is 3.41. The third-order valence-corrected chi connectivity index (χ3v) is 6.39. The Kier molecular flexibility index (Phi) is 5.84. The molecule has 1 aliphatic rings. The van der Waals surface area contributed by atoms with Crippen LogP contribution in [0.5, 0.6) is 0 Å². The molecule has 0 spiro atoms. The van der Waals surface area contributed by atoms with Gasteiger partial charge in [0.15, 0.2) is 0 Å². The molecule has 0 fully saturated rings. The highest BCUT2D eigenvalue weighted by Crippen LogP contribution is 2.30. The van der Waals surface area contributed by atoms with Crippen LogP contribution >= 0.6 is 34.2 Å². The molecule has 1 N–H and O–H groups in total. The van der Waals surface area contributed by atoms with Crippen molar-refractivity contribution in [1.82, 2.24) is 14.8 Å². The Balaban J connectivity index is 1.47. The summed E-state index contributed by atoms with van der Waals surface area (Å²) in [6, 6.07) is 25.9. The fraction of sp³-hybridized carbons (Fsp3) is 0.125. The molecule has 2 heterocycles. The summed E-state index contributed by atoms with van der Waals surface area (Å²) >= 11 is 8.35. The molecular weight excluding hydrogens is 537 g/mol. The van der Waals surface area contributed by atoms with E-state index in [1.54, 1.807) is 5.01 Å². The summed E-state index contributed by atoms with van der Waals surface area (Å²) in [6.45, 7) is 0.981. The summed E-state index contributed by atoms with van der Waals surface area (Å²) in [5.74, 6) is 0.479. The highest BCUT2D eigenvalue weighted by atomic mass is 127. The third kappa shape index (κ3) is 4.35. The van der Waals surface area contributed by atoms with Gasteiger partial charge in [-0.1, -0.05) is 66.2 Å². The number of hydrogen-bond acceptors (Lipinski definition) is 4. The van der Waals surface area contributed by atoms with Crippen LogP contribution in [-0.4, -0.2) is 27.0 Å². The first-order valence-corrected chi connectivity index (χ1v) is 11.6. The van der Waals surface area contributed by atoms with Gasteiger partial charge in [0, 0.05) is 14.5 Å². The van der Waals surface area contributed by atoms with Crippen molar-refractivity contribution < 1.29 is 0 Å². The molecule has 0 aliphatic carbocycles. The molecule has 6 nitrogen and oxygen atoms in total. The van der Waals surface area contributed by atoms with E-state index < -0.39 is 0 Å². The quantitative estimate of drug-likeness (QED) is 0.357. The Morgan fingerprint density at radius 3 is 2.44 bits per heavy atom. The lowest BCUT2D eigenvalue weighted by atomic mass is 9.91. The molecule has 5 rings (SSSR count). The molecule has 0 amide bonds. The van der Waals surface area contributed by atoms with Crippen molar-refractivity contribution in [3.63, 3.8) is 0 Å². The van der Waals surface area contributed by atoms with Gasteiger partial charge < -0.3 is 0 Å². The Hall–Kier alpha value is -2.91. The van der Waals surface area contributed by atoms with Gasteiger partial charge in [0.2, 0.25) is 5.95 Å². The minimum Gasteiger partial charge on any atom is -0.274 e. The Bertz CT molecular complexity index is 1310. The van der Waals surface area contributed by atoms with Crippen molar-refractivity contribution in [3.05, 3.63) is 115 Å². The van der Waals surface area contributed by atoms with Gasteiger partial charge in [0.05, 0.1) is 18.8 Å². The van der Waals surface area contributed by atoms with E-state index in [0.717, 1.165) is 26.0 Å². The van der Waals surface area contributed by atoms with Gasteiger partial charge in [-0.3, -0.25) is 4.98 Å². The van der Waals surface area contributed by atoms with E-state index in [-0.39, 0.29) is 11.6 Å². The van der Waals surface area contributed by atoms with Crippen molar-refractivity contribution in [3.8, 4) is 0 Å². The Morgan fingerprint density at radius 2 is 1.72 bits per heavy atom. The van der Waals surface area contributed by atoms with E-state index in [1.165, 1.54) is 4.68 Å². The van der Waals surface area contributed by atoms with Gasteiger partial charge in [-0.2, -0.15) is 5.10 Å². The molecule has 0 bridgehead atoms. The first kappa shape index (κ1) is 21.0. The normalized spacial score (nSPS) is 15.8. The standard InChI is InChI=1S/C24H19ClIN5O/c25-19-10-8-18(9-11-19)22-21(17-4-2-1-3-5-17)15-30(28-22)23-27-24(32)31(29-23)14-16-6-12-20(26)13-7-16/h1-13,21H,14-15H2,(H,27,29,32)/t21-/m1/s1. The van der Waals surface area contributed by atoms with E-state index in [2.05, 4.69) is 44.8 Å². The third-order valence-electron chi connectivity index (χ3n) is 5.41. The summed E-state index contributed by atoms with van der Waals surface area (Å²) < 4.78 is 2.58. The predicted octanol–water partition coefficient (Wildman–Crippen LogP) is 4.89. The maximum absolute atomic E-state index is 12.6. The van der Waals surface area contributed by atoms with Crippen LogP contribution in [0.2, 0.25) is 5.02 Å². The molecule has 1 atom stereocenters. The molecule has 0 saturated carbocycles. The predicted molar refractivity (Wildman–Crippen MR) is 136 cm³/mol. The summed E-state index contributed by atoms with van der Waals surface area (Å²) in [7, 11) is 0. The van der Waals surface area contributed by atoms with Crippen LogP contribution in [-0.2, 0) is 6.54 Å². The second-order valence-electron chi connectivity index (χ2n) is 7.58. The number of anilines is 1. The van der Waals surface area contributed by atoms with Gasteiger partial charge in [0.1, 0.15) is 0 Å². The minimum absolute atomic E-state index is 0.0437. The van der Waals surface area contributed by atoms with E-state index >= 15 is 0 Å².